The van der Waals surface area contributed by atoms with Gasteiger partial charge in [0.05, 0.1) is 0 Å². The second-order valence-electron chi connectivity index (χ2n) is 11.6. The van der Waals surface area contributed by atoms with Gasteiger partial charge in [0.1, 0.15) is 11.2 Å². The first kappa shape index (κ1) is 32.6. The molecule has 1 aliphatic carbocycles. The van der Waals surface area contributed by atoms with Gasteiger partial charge >= 0.3 is 0 Å². The topological polar surface area (TPSA) is 18.5 Å². The summed E-state index contributed by atoms with van der Waals surface area (Å²) in [5, 5.41) is 0. The molecule has 4 aromatic rings. The van der Waals surface area contributed by atoms with Crippen LogP contribution in [0, 0.1) is 0 Å². The first-order valence-corrected chi connectivity index (χ1v) is 17.3. The first-order chi connectivity index (χ1) is 21.4. The minimum atomic E-state index is -0.634. The Hall–Kier alpha value is -2.76. The lowest BCUT2D eigenvalue weighted by molar-refractivity contribution is -0.209. The Bertz CT molecular complexity index is 1500. The van der Waals surface area contributed by atoms with Crippen molar-refractivity contribution in [3.05, 3.63) is 127 Å². The quantitative estimate of drug-likeness (QED) is 0.136. The predicted molar refractivity (Wildman–Crippen MR) is 194 cm³/mol. The summed E-state index contributed by atoms with van der Waals surface area (Å²) in [5.74, 6) is 0. The highest BCUT2D eigenvalue weighted by Gasteiger charge is 2.58. The smallest absolute Gasteiger partial charge is 0.126 e. The molecule has 0 fully saturated rings. The van der Waals surface area contributed by atoms with Crippen molar-refractivity contribution in [1.82, 2.24) is 0 Å². The third-order valence-corrected chi connectivity index (χ3v) is 10.1. The number of ether oxygens (including phenoxy) is 2. The van der Waals surface area contributed by atoms with Gasteiger partial charge in [0.15, 0.2) is 0 Å². The summed E-state index contributed by atoms with van der Waals surface area (Å²) in [5.41, 5.74) is 8.26. The molecule has 0 saturated carbocycles. The van der Waals surface area contributed by atoms with Crippen LogP contribution in [-0.2, 0) is 20.7 Å². The summed E-state index contributed by atoms with van der Waals surface area (Å²) in [4.78, 5) is 0. The molecule has 44 heavy (non-hydrogen) atoms. The van der Waals surface area contributed by atoms with Crippen LogP contribution in [0.5, 0.6) is 0 Å². The van der Waals surface area contributed by atoms with E-state index in [0.717, 1.165) is 69.7 Å². The number of halogens is 2. The molecule has 4 aromatic carbocycles. The van der Waals surface area contributed by atoms with E-state index in [0.29, 0.717) is 0 Å². The average Bonchev–Trinajstić information content (AvgIpc) is 3.06. The highest BCUT2D eigenvalue weighted by molar-refractivity contribution is 9.10. The first-order valence-electron chi connectivity index (χ1n) is 15.7. The molecule has 1 aliphatic rings. The van der Waals surface area contributed by atoms with Crippen molar-refractivity contribution >= 4 is 56.2 Å². The van der Waals surface area contributed by atoms with Crippen LogP contribution in [0.3, 0.4) is 0 Å². The molecule has 0 spiro atoms. The average molecular weight is 715 g/mol. The molecule has 2 unspecified atom stereocenters. The fourth-order valence-corrected chi connectivity index (χ4v) is 7.24. The van der Waals surface area contributed by atoms with E-state index < -0.39 is 11.2 Å². The van der Waals surface area contributed by atoms with E-state index in [1.165, 1.54) is 22.3 Å². The highest BCUT2D eigenvalue weighted by atomic mass is 79.9. The van der Waals surface area contributed by atoms with Gasteiger partial charge in [-0.15, -0.1) is 0 Å². The van der Waals surface area contributed by atoms with Crippen LogP contribution >= 0.6 is 31.9 Å². The van der Waals surface area contributed by atoms with Crippen molar-refractivity contribution in [3.63, 3.8) is 0 Å². The standard InChI is InChI=1S/C40H42Br2O2/c1-5-7-25-39(43-3)37-27-31(11-9-29-13-19-33(41)20-14-29)17-23-35(37)36-24-18-32(12-10-30-15-21-34(42)22-16-30)28-38(36)40(39,44-4)26-8-6-2/h9-24,27-28H,5-8,25-26H2,1-4H3. The van der Waals surface area contributed by atoms with Crippen molar-refractivity contribution in [1.29, 1.82) is 0 Å². The Balaban J connectivity index is 1.69. The molecule has 0 aliphatic heterocycles. The molecule has 0 aromatic heterocycles. The second kappa shape index (κ2) is 14.6. The van der Waals surface area contributed by atoms with Crippen molar-refractivity contribution in [2.75, 3.05) is 14.2 Å². The molecule has 5 rings (SSSR count). The Morgan fingerprint density at radius 2 is 0.864 bits per heavy atom. The lowest BCUT2D eigenvalue weighted by atomic mass is 9.61. The summed E-state index contributed by atoms with van der Waals surface area (Å²) in [6, 6.07) is 30.5. The number of hydrogen-bond acceptors (Lipinski definition) is 2. The Kier molecular flexibility index (Phi) is 10.8. The van der Waals surface area contributed by atoms with Gasteiger partial charge in [-0.05, 0) is 93.7 Å². The maximum absolute atomic E-state index is 6.80. The van der Waals surface area contributed by atoms with Gasteiger partial charge in [-0.1, -0.05) is 144 Å². The number of fused-ring (bicyclic) bond motifs is 3. The van der Waals surface area contributed by atoms with Gasteiger partial charge in [0.25, 0.3) is 0 Å². The molecule has 0 radical (unpaired) electrons. The molecule has 228 valence electrons. The van der Waals surface area contributed by atoms with E-state index in [9.17, 15) is 0 Å². The van der Waals surface area contributed by atoms with Crippen LogP contribution in [-0.4, -0.2) is 14.2 Å². The second-order valence-corrected chi connectivity index (χ2v) is 13.5. The molecule has 4 heteroatoms. The molecule has 0 heterocycles. The van der Waals surface area contributed by atoms with E-state index in [1.807, 2.05) is 14.2 Å². The van der Waals surface area contributed by atoms with Crippen LogP contribution in [0.15, 0.2) is 93.9 Å². The lowest BCUT2D eigenvalue weighted by Crippen LogP contribution is -2.54. The number of methoxy groups -OCH3 is 2. The summed E-state index contributed by atoms with van der Waals surface area (Å²) >= 11 is 7.09. The maximum Gasteiger partial charge on any atom is 0.126 e. The Morgan fingerprint density at radius 3 is 1.20 bits per heavy atom. The van der Waals surface area contributed by atoms with Gasteiger partial charge in [0.2, 0.25) is 0 Å². The summed E-state index contributed by atoms with van der Waals surface area (Å²) in [7, 11) is 3.76. The molecule has 0 amide bonds. The van der Waals surface area contributed by atoms with E-state index >= 15 is 0 Å². The fraction of sp³-hybridized carbons (Fsp3) is 0.300. The third kappa shape index (κ3) is 6.46. The van der Waals surface area contributed by atoms with Crippen LogP contribution in [0.1, 0.15) is 85.8 Å². The van der Waals surface area contributed by atoms with Gasteiger partial charge in [0, 0.05) is 23.2 Å². The SMILES string of the molecule is CCCCC1(OC)c2cc(C=Cc3ccc(Br)cc3)ccc2-c2ccc(C=Cc3ccc(Br)cc3)cc2C1(CCCC)OC. The fourth-order valence-electron chi connectivity index (χ4n) is 6.72. The van der Waals surface area contributed by atoms with Crippen molar-refractivity contribution in [3.8, 4) is 11.1 Å². The third-order valence-electron chi connectivity index (χ3n) is 9.04. The van der Waals surface area contributed by atoms with Crippen molar-refractivity contribution in [2.24, 2.45) is 0 Å². The summed E-state index contributed by atoms with van der Waals surface area (Å²) in [6.45, 7) is 4.51. The largest absolute Gasteiger partial charge is 0.370 e. The number of rotatable bonds is 12. The predicted octanol–water partition coefficient (Wildman–Crippen LogP) is 12.3. The van der Waals surface area contributed by atoms with E-state index in [-0.39, 0.29) is 0 Å². The lowest BCUT2D eigenvalue weighted by Gasteiger charge is -2.54. The minimum Gasteiger partial charge on any atom is -0.370 e. The molecule has 2 nitrogen and oxygen atoms in total. The van der Waals surface area contributed by atoms with Crippen LogP contribution in [0.2, 0.25) is 0 Å². The van der Waals surface area contributed by atoms with Gasteiger partial charge in [-0.2, -0.15) is 0 Å². The molecule has 0 saturated heterocycles. The van der Waals surface area contributed by atoms with Crippen LogP contribution in [0.4, 0.5) is 0 Å². The molecular weight excluding hydrogens is 672 g/mol. The van der Waals surface area contributed by atoms with Crippen molar-refractivity contribution < 1.29 is 9.47 Å². The van der Waals surface area contributed by atoms with E-state index in [2.05, 4.69) is 155 Å². The van der Waals surface area contributed by atoms with E-state index in [4.69, 9.17) is 9.47 Å². The number of benzene rings is 4. The molecular formula is C40H42Br2O2. The number of hydrogen-bond donors (Lipinski definition) is 0. The Morgan fingerprint density at radius 1 is 0.523 bits per heavy atom. The zero-order valence-electron chi connectivity index (χ0n) is 26.2. The van der Waals surface area contributed by atoms with E-state index in [1.54, 1.807) is 0 Å². The van der Waals surface area contributed by atoms with Crippen LogP contribution in [0.25, 0.3) is 35.4 Å². The van der Waals surface area contributed by atoms with Gasteiger partial charge in [-0.3, -0.25) is 0 Å². The summed E-state index contributed by atoms with van der Waals surface area (Å²) in [6.07, 6.45) is 14.8. The normalized spacial score (nSPS) is 19.4. The molecule has 2 atom stereocenters. The van der Waals surface area contributed by atoms with Gasteiger partial charge in [-0.25, -0.2) is 0 Å². The van der Waals surface area contributed by atoms with Crippen LogP contribution < -0.4 is 0 Å². The van der Waals surface area contributed by atoms with Crippen molar-refractivity contribution in [2.45, 2.75) is 63.6 Å². The maximum atomic E-state index is 6.80. The Labute approximate surface area is 280 Å². The minimum absolute atomic E-state index is 0.634. The molecule has 0 bridgehead atoms. The zero-order valence-corrected chi connectivity index (χ0v) is 29.4. The van der Waals surface area contributed by atoms with Gasteiger partial charge < -0.3 is 9.47 Å². The highest BCUT2D eigenvalue weighted by Crippen LogP contribution is 2.59. The number of unbranched alkanes of at least 4 members (excludes halogenated alkanes) is 2. The summed E-state index contributed by atoms with van der Waals surface area (Å²) < 4.78 is 15.8. The molecule has 0 N–H and O–H groups in total. The monoisotopic (exact) mass is 712 g/mol. The zero-order chi connectivity index (χ0) is 31.2.